The molecule has 0 aromatic carbocycles. The van der Waals surface area contributed by atoms with Gasteiger partial charge in [0.15, 0.2) is 0 Å². The van der Waals surface area contributed by atoms with Gasteiger partial charge < -0.3 is 5.11 Å². The van der Waals surface area contributed by atoms with Crippen molar-refractivity contribution in [3.8, 4) is 0 Å². The Hall–Kier alpha value is -0.530. The first-order valence-electron chi connectivity index (χ1n) is 4.45. The highest BCUT2D eigenvalue weighted by Crippen LogP contribution is 2.13. The lowest BCUT2D eigenvalue weighted by Crippen LogP contribution is -2.12. The van der Waals surface area contributed by atoms with E-state index in [1.54, 1.807) is 0 Å². The molecule has 0 aliphatic rings. The van der Waals surface area contributed by atoms with Gasteiger partial charge in [-0.2, -0.15) is 0 Å². The SMILES string of the molecule is CCCCC[C@H](CC)C(=O)O. The van der Waals surface area contributed by atoms with Gasteiger partial charge in [-0.1, -0.05) is 33.1 Å². The predicted octanol–water partition coefficient (Wildman–Crippen LogP) is 2.68. The van der Waals surface area contributed by atoms with Crippen molar-refractivity contribution in [2.45, 2.75) is 46.0 Å². The summed E-state index contributed by atoms with van der Waals surface area (Å²) in [6, 6.07) is 0. The molecule has 0 aromatic heterocycles. The number of hydrogen-bond acceptors (Lipinski definition) is 1. The normalized spacial score (nSPS) is 12.9. The maximum absolute atomic E-state index is 10.5. The Kier molecular flexibility index (Phi) is 5.90. The molecule has 0 rings (SSSR count). The fourth-order valence-electron chi connectivity index (χ4n) is 1.14. The highest BCUT2D eigenvalue weighted by atomic mass is 16.4. The molecule has 0 amide bonds. The average Bonchev–Trinajstić information content (AvgIpc) is 1.97. The van der Waals surface area contributed by atoms with Crippen LogP contribution in [0.3, 0.4) is 0 Å². The summed E-state index contributed by atoms with van der Waals surface area (Å²) >= 11 is 0. The first kappa shape index (κ1) is 10.5. The summed E-state index contributed by atoms with van der Waals surface area (Å²) < 4.78 is 0. The van der Waals surface area contributed by atoms with Crippen LogP contribution >= 0.6 is 0 Å². The van der Waals surface area contributed by atoms with Crippen molar-refractivity contribution in [3.05, 3.63) is 0 Å². The zero-order valence-corrected chi connectivity index (χ0v) is 7.47. The lowest BCUT2D eigenvalue weighted by molar-refractivity contribution is -0.142. The van der Waals surface area contributed by atoms with Crippen LogP contribution in [0.15, 0.2) is 0 Å². The summed E-state index contributed by atoms with van der Waals surface area (Å²) in [6.07, 6.45) is 4.99. The van der Waals surface area contributed by atoms with Crippen LogP contribution in [0.5, 0.6) is 0 Å². The van der Waals surface area contributed by atoms with Gasteiger partial charge in [-0.25, -0.2) is 0 Å². The molecule has 0 bridgehead atoms. The first-order valence-corrected chi connectivity index (χ1v) is 4.45. The van der Waals surface area contributed by atoms with Crippen LogP contribution in [0.2, 0.25) is 0 Å². The lowest BCUT2D eigenvalue weighted by Gasteiger charge is -2.07. The fraction of sp³-hybridized carbons (Fsp3) is 0.889. The molecule has 0 aliphatic carbocycles. The van der Waals surface area contributed by atoms with E-state index in [2.05, 4.69) is 6.92 Å². The molecule has 0 aliphatic heterocycles. The third-order valence-electron chi connectivity index (χ3n) is 2.00. The number of hydrogen-bond donors (Lipinski definition) is 1. The second kappa shape index (κ2) is 6.20. The standard InChI is InChI=1S/C9H18O2/c1-3-5-6-7-8(4-2)9(10)11/h8H,3-7H2,1-2H3,(H,10,11)/t8-/m0/s1. The number of carboxylic acids is 1. The smallest absolute Gasteiger partial charge is 0.306 e. The van der Waals surface area contributed by atoms with Crippen molar-refractivity contribution >= 4 is 5.97 Å². The van der Waals surface area contributed by atoms with Crippen LogP contribution in [-0.4, -0.2) is 11.1 Å². The number of unbranched alkanes of at least 4 members (excludes halogenated alkanes) is 2. The minimum Gasteiger partial charge on any atom is -0.481 e. The van der Waals surface area contributed by atoms with E-state index in [0.717, 1.165) is 32.1 Å². The highest BCUT2D eigenvalue weighted by Gasteiger charge is 2.13. The van der Waals surface area contributed by atoms with Crippen LogP contribution in [0.1, 0.15) is 46.0 Å². The van der Waals surface area contributed by atoms with Gasteiger partial charge in [0.1, 0.15) is 0 Å². The Labute approximate surface area is 68.6 Å². The quantitative estimate of drug-likeness (QED) is 0.603. The summed E-state index contributed by atoms with van der Waals surface area (Å²) in [4.78, 5) is 10.5. The second-order valence-electron chi connectivity index (χ2n) is 2.94. The van der Waals surface area contributed by atoms with Crippen LogP contribution in [0.4, 0.5) is 0 Å². The van der Waals surface area contributed by atoms with E-state index in [4.69, 9.17) is 5.11 Å². The zero-order chi connectivity index (χ0) is 8.69. The van der Waals surface area contributed by atoms with Gasteiger partial charge in [-0.15, -0.1) is 0 Å². The molecule has 0 aromatic rings. The van der Waals surface area contributed by atoms with Gasteiger partial charge in [0.25, 0.3) is 0 Å². The van der Waals surface area contributed by atoms with Crippen molar-refractivity contribution in [1.29, 1.82) is 0 Å². The molecular weight excluding hydrogens is 140 g/mol. The maximum Gasteiger partial charge on any atom is 0.306 e. The van der Waals surface area contributed by atoms with E-state index in [9.17, 15) is 4.79 Å². The minimum absolute atomic E-state index is 0.110. The van der Waals surface area contributed by atoms with Crippen molar-refractivity contribution in [1.82, 2.24) is 0 Å². The van der Waals surface area contributed by atoms with E-state index < -0.39 is 5.97 Å². The summed E-state index contributed by atoms with van der Waals surface area (Å²) in [5.74, 6) is -0.745. The van der Waals surface area contributed by atoms with Gasteiger partial charge in [-0.05, 0) is 12.8 Å². The zero-order valence-electron chi connectivity index (χ0n) is 7.47. The molecule has 0 saturated carbocycles. The van der Waals surface area contributed by atoms with Gasteiger partial charge in [0, 0.05) is 0 Å². The average molecular weight is 158 g/mol. The topological polar surface area (TPSA) is 37.3 Å². The van der Waals surface area contributed by atoms with Crippen LogP contribution in [0.25, 0.3) is 0 Å². The van der Waals surface area contributed by atoms with Crippen LogP contribution in [0, 0.1) is 5.92 Å². The molecule has 2 nitrogen and oxygen atoms in total. The number of aliphatic carboxylic acids is 1. The summed E-state index contributed by atoms with van der Waals surface area (Å²) in [7, 11) is 0. The van der Waals surface area contributed by atoms with Crippen molar-refractivity contribution in [3.63, 3.8) is 0 Å². The molecule has 66 valence electrons. The second-order valence-corrected chi connectivity index (χ2v) is 2.94. The molecular formula is C9H18O2. The van der Waals surface area contributed by atoms with Crippen molar-refractivity contribution in [2.75, 3.05) is 0 Å². The molecule has 0 unspecified atom stereocenters. The Bertz CT molecular complexity index is 110. The van der Waals surface area contributed by atoms with Gasteiger partial charge >= 0.3 is 5.97 Å². The molecule has 0 fully saturated rings. The Morgan fingerprint density at radius 1 is 1.36 bits per heavy atom. The summed E-state index contributed by atoms with van der Waals surface area (Å²) in [5, 5.41) is 8.67. The molecule has 0 radical (unpaired) electrons. The number of rotatable bonds is 6. The first-order chi connectivity index (χ1) is 5.22. The minimum atomic E-state index is -0.636. The third kappa shape index (κ3) is 4.82. The largest absolute Gasteiger partial charge is 0.481 e. The molecule has 1 atom stereocenters. The van der Waals surface area contributed by atoms with Crippen molar-refractivity contribution < 1.29 is 9.90 Å². The molecule has 0 heterocycles. The Balaban J connectivity index is 3.44. The predicted molar refractivity (Wildman–Crippen MR) is 45.6 cm³/mol. The fourth-order valence-corrected chi connectivity index (χ4v) is 1.14. The number of carboxylic acid groups (broad SMARTS) is 1. The number of carbonyl (C=O) groups is 1. The van der Waals surface area contributed by atoms with E-state index in [1.165, 1.54) is 0 Å². The van der Waals surface area contributed by atoms with E-state index in [0.29, 0.717) is 0 Å². The molecule has 2 heteroatoms. The van der Waals surface area contributed by atoms with Crippen molar-refractivity contribution in [2.24, 2.45) is 5.92 Å². The van der Waals surface area contributed by atoms with Crippen LogP contribution in [-0.2, 0) is 4.79 Å². The summed E-state index contributed by atoms with van der Waals surface area (Å²) in [5.41, 5.74) is 0. The molecule has 0 saturated heterocycles. The van der Waals surface area contributed by atoms with E-state index >= 15 is 0 Å². The molecule has 11 heavy (non-hydrogen) atoms. The van der Waals surface area contributed by atoms with E-state index in [-0.39, 0.29) is 5.92 Å². The van der Waals surface area contributed by atoms with Crippen LogP contribution < -0.4 is 0 Å². The third-order valence-corrected chi connectivity index (χ3v) is 2.00. The van der Waals surface area contributed by atoms with E-state index in [1.807, 2.05) is 6.92 Å². The maximum atomic E-state index is 10.5. The summed E-state index contributed by atoms with van der Waals surface area (Å²) in [6.45, 7) is 4.06. The Morgan fingerprint density at radius 3 is 2.36 bits per heavy atom. The Morgan fingerprint density at radius 2 is 2.00 bits per heavy atom. The highest BCUT2D eigenvalue weighted by molar-refractivity contribution is 5.69. The monoisotopic (exact) mass is 158 g/mol. The van der Waals surface area contributed by atoms with Gasteiger partial charge in [-0.3, -0.25) is 4.79 Å². The molecule has 0 spiro atoms. The van der Waals surface area contributed by atoms with Gasteiger partial charge in [0.2, 0.25) is 0 Å². The van der Waals surface area contributed by atoms with Gasteiger partial charge in [0.05, 0.1) is 5.92 Å². The lowest BCUT2D eigenvalue weighted by atomic mass is 9.99. The molecule has 1 N–H and O–H groups in total.